The van der Waals surface area contributed by atoms with E-state index in [1.54, 1.807) is 22.7 Å². The number of hydrogen-bond acceptors (Lipinski definition) is 4. The SMILES string of the molecule is Cc1nc(C(C)NC(C)c2ccc(Cl)s2)cs1. The van der Waals surface area contributed by atoms with Gasteiger partial charge in [-0.25, -0.2) is 4.98 Å². The lowest BCUT2D eigenvalue weighted by atomic mass is 10.2. The van der Waals surface area contributed by atoms with Crippen LogP contribution in [0.1, 0.15) is 41.5 Å². The minimum atomic E-state index is 0.260. The van der Waals surface area contributed by atoms with Crippen LogP contribution in [0.5, 0.6) is 0 Å². The molecule has 0 radical (unpaired) electrons. The molecule has 0 aliphatic carbocycles. The fourth-order valence-electron chi connectivity index (χ4n) is 1.68. The number of rotatable bonds is 4. The molecule has 0 spiro atoms. The molecule has 17 heavy (non-hydrogen) atoms. The van der Waals surface area contributed by atoms with Gasteiger partial charge in [0.15, 0.2) is 0 Å². The van der Waals surface area contributed by atoms with Crippen molar-refractivity contribution in [1.82, 2.24) is 10.3 Å². The van der Waals surface area contributed by atoms with Gasteiger partial charge in [0.25, 0.3) is 0 Å². The zero-order chi connectivity index (χ0) is 12.4. The largest absolute Gasteiger partial charge is 0.301 e. The van der Waals surface area contributed by atoms with Crippen molar-refractivity contribution in [2.24, 2.45) is 0 Å². The van der Waals surface area contributed by atoms with Crippen molar-refractivity contribution in [3.63, 3.8) is 0 Å². The molecular formula is C12H15ClN2S2. The average Bonchev–Trinajstić information content (AvgIpc) is 2.87. The zero-order valence-electron chi connectivity index (χ0n) is 10.0. The minimum absolute atomic E-state index is 0.260. The van der Waals surface area contributed by atoms with E-state index >= 15 is 0 Å². The topological polar surface area (TPSA) is 24.9 Å². The predicted molar refractivity (Wildman–Crippen MR) is 76.1 cm³/mol. The summed E-state index contributed by atoms with van der Waals surface area (Å²) in [6.45, 7) is 6.32. The Hall–Kier alpha value is -0.420. The Morgan fingerprint density at radius 1 is 1.29 bits per heavy atom. The number of nitrogens with zero attached hydrogens (tertiary/aromatic N) is 1. The Morgan fingerprint density at radius 2 is 2.06 bits per heavy atom. The summed E-state index contributed by atoms with van der Waals surface area (Å²) in [5.41, 5.74) is 1.11. The molecule has 0 saturated carbocycles. The summed E-state index contributed by atoms with van der Waals surface area (Å²) in [5, 5.41) is 6.76. The van der Waals surface area contributed by atoms with E-state index in [9.17, 15) is 0 Å². The lowest BCUT2D eigenvalue weighted by Crippen LogP contribution is -2.22. The zero-order valence-corrected chi connectivity index (χ0v) is 12.4. The second kappa shape index (κ2) is 5.48. The molecule has 0 bridgehead atoms. The van der Waals surface area contributed by atoms with Gasteiger partial charge >= 0.3 is 0 Å². The number of hydrogen-bond donors (Lipinski definition) is 1. The molecule has 0 saturated heterocycles. The first-order chi connectivity index (χ1) is 8.06. The van der Waals surface area contributed by atoms with E-state index in [0.29, 0.717) is 6.04 Å². The summed E-state index contributed by atoms with van der Waals surface area (Å²) >= 11 is 9.25. The number of thiophene rings is 1. The smallest absolute Gasteiger partial charge is 0.0931 e. The van der Waals surface area contributed by atoms with E-state index in [0.717, 1.165) is 15.0 Å². The van der Waals surface area contributed by atoms with Gasteiger partial charge in [0, 0.05) is 22.3 Å². The van der Waals surface area contributed by atoms with Crippen LogP contribution in [-0.2, 0) is 0 Å². The van der Waals surface area contributed by atoms with E-state index in [4.69, 9.17) is 11.6 Å². The molecule has 2 rings (SSSR count). The van der Waals surface area contributed by atoms with Gasteiger partial charge in [0.05, 0.1) is 15.0 Å². The molecule has 0 aliphatic heterocycles. The van der Waals surface area contributed by atoms with E-state index in [1.807, 2.05) is 13.0 Å². The number of halogens is 1. The number of aryl methyl sites for hydroxylation is 1. The highest BCUT2D eigenvalue weighted by molar-refractivity contribution is 7.16. The van der Waals surface area contributed by atoms with Crippen LogP contribution in [0.15, 0.2) is 17.5 Å². The lowest BCUT2D eigenvalue weighted by molar-refractivity contribution is 0.492. The highest BCUT2D eigenvalue weighted by Crippen LogP contribution is 2.28. The van der Waals surface area contributed by atoms with Crippen LogP contribution in [0.25, 0.3) is 0 Å². The van der Waals surface area contributed by atoms with Crippen molar-refractivity contribution in [2.75, 3.05) is 0 Å². The van der Waals surface area contributed by atoms with Gasteiger partial charge in [-0.3, -0.25) is 0 Å². The van der Waals surface area contributed by atoms with Crippen LogP contribution >= 0.6 is 34.3 Å². The number of nitrogens with one attached hydrogen (secondary N) is 1. The molecule has 2 unspecified atom stereocenters. The quantitative estimate of drug-likeness (QED) is 0.890. The maximum absolute atomic E-state index is 5.94. The molecule has 0 fully saturated rings. The third kappa shape index (κ3) is 3.28. The van der Waals surface area contributed by atoms with Gasteiger partial charge in [-0.05, 0) is 32.9 Å². The summed E-state index contributed by atoms with van der Waals surface area (Å²) in [5.74, 6) is 0. The van der Waals surface area contributed by atoms with Gasteiger partial charge in [-0.2, -0.15) is 0 Å². The first-order valence-corrected chi connectivity index (χ1v) is 7.57. The summed E-state index contributed by atoms with van der Waals surface area (Å²) < 4.78 is 0.839. The van der Waals surface area contributed by atoms with Crippen LogP contribution in [0, 0.1) is 6.92 Å². The fourth-order valence-corrected chi connectivity index (χ4v) is 3.46. The van der Waals surface area contributed by atoms with E-state index in [1.165, 1.54) is 4.88 Å². The van der Waals surface area contributed by atoms with Gasteiger partial charge in [-0.15, -0.1) is 22.7 Å². The fraction of sp³-hybridized carbons (Fsp3) is 0.417. The molecule has 0 aliphatic rings. The van der Waals surface area contributed by atoms with E-state index in [2.05, 4.69) is 35.6 Å². The normalized spacial score (nSPS) is 14.8. The van der Waals surface area contributed by atoms with Crippen molar-refractivity contribution in [3.05, 3.63) is 37.4 Å². The Bertz CT molecular complexity index is 448. The molecule has 92 valence electrons. The molecule has 2 atom stereocenters. The van der Waals surface area contributed by atoms with Crippen molar-refractivity contribution < 1.29 is 0 Å². The van der Waals surface area contributed by atoms with Crippen molar-refractivity contribution in [3.8, 4) is 0 Å². The molecular weight excluding hydrogens is 272 g/mol. The summed E-state index contributed by atoms with van der Waals surface area (Å²) in [6, 6.07) is 4.57. The van der Waals surface area contributed by atoms with Crippen molar-refractivity contribution in [1.29, 1.82) is 0 Å². The van der Waals surface area contributed by atoms with E-state index < -0.39 is 0 Å². The van der Waals surface area contributed by atoms with Gasteiger partial charge in [-0.1, -0.05) is 11.6 Å². The Labute approximate surface area is 115 Å². The molecule has 1 N–H and O–H groups in total. The predicted octanol–water partition coefficient (Wildman–Crippen LogP) is 4.58. The maximum atomic E-state index is 5.94. The molecule has 0 amide bonds. The second-order valence-corrected chi connectivity index (χ2v) is 6.85. The molecule has 2 aromatic rings. The third-order valence-electron chi connectivity index (χ3n) is 2.60. The van der Waals surface area contributed by atoms with Gasteiger partial charge in [0.1, 0.15) is 0 Å². The standard InChI is InChI=1S/C12H15ClN2S2/c1-7(10-6-16-9(3)15-10)14-8(2)11-4-5-12(13)17-11/h4-8,14H,1-3H3. The maximum Gasteiger partial charge on any atom is 0.0931 e. The molecule has 0 aromatic carbocycles. The van der Waals surface area contributed by atoms with Gasteiger partial charge in [0.2, 0.25) is 0 Å². The Morgan fingerprint density at radius 3 is 2.59 bits per heavy atom. The summed E-state index contributed by atoms with van der Waals surface area (Å²) in [4.78, 5) is 5.75. The first-order valence-electron chi connectivity index (χ1n) is 5.49. The lowest BCUT2D eigenvalue weighted by Gasteiger charge is -2.17. The molecule has 2 heterocycles. The monoisotopic (exact) mass is 286 g/mol. The van der Waals surface area contributed by atoms with Crippen molar-refractivity contribution in [2.45, 2.75) is 32.9 Å². The Kier molecular flexibility index (Phi) is 4.20. The van der Waals surface area contributed by atoms with Crippen LogP contribution in [0.2, 0.25) is 4.34 Å². The molecule has 2 aromatic heterocycles. The molecule has 5 heteroatoms. The minimum Gasteiger partial charge on any atom is -0.301 e. The highest BCUT2D eigenvalue weighted by atomic mass is 35.5. The first kappa shape index (κ1) is 13.0. The van der Waals surface area contributed by atoms with Crippen LogP contribution < -0.4 is 5.32 Å². The summed E-state index contributed by atoms with van der Waals surface area (Å²) in [7, 11) is 0. The summed E-state index contributed by atoms with van der Waals surface area (Å²) in [6.07, 6.45) is 0. The average molecular weight is 287 g/mol. The molecule has 2 nitrogen and oxygen atoms in total. The van der Waals surface area contributed by atoms with Crippen LogP contribution in [-0.4, -0.2) is 4.98 Å². The Balaban J connectivity index is 2.01. The third-order valence-corrected chi connectivity index (χ3v) is 4.81. The van der Waals surface area contributed by atoms with Gasteiger partial charge < -0.3 is 5.32 Å². The number of thiazole rings is 1. The van der Waals surface area contributed by atoms with Crippen molar-refractivity contribution >= 4 is 34.3 Å². The highest BCUT2D eigenvalue weighted by Gasteiger charge is 2.14. The van der Waals surface area contributed by atoms with E-state index in [-0.39, 0.29) is 6.04 Å². The second-order valence-electron chi connectivity index (χ2n) is 4.04. The van der Waals surface area contributed by atoms with Crippen LogP contribution in [0.4, 0.5) is 0 Å². The van der Waals surface area contributed by atoms with Crippen LogP contribution in [0.3, 0.4) is 0 Å². The number of aromatic nitrogens is 1.